The second-order valence-corrected chi connectivity index (χ2v) is 6.26. The van der Waals surface area contributed by atoms with Crippen LogP contribution in [0.25, 0.3) is 0 Å². The van der Waals surface area contributed by atoms with Gasteiger partial charge in [0, 0.05) is 18.5 Å². The molecule has 1 fully saturated rings. The Hall–Kier alpha value is -0.690. The molecule has 2 heterocycles. The first-order valence-corrected chi connectivity index (χ1v) is 7.65. The van der Waals surface area contributed by atoms with Gasteiger partial charge in [-0.3, -0.25) is 9.69 Å². The zero-order valence-corrected chi connectivity index (χ0v) is 13.6. The van der Waals surface area contributed by atoms with E-state index < -0.39 is 6.04 Å². The largest absolute Gasteiger partial charge is 0.320 e. The molecule has 0 aromatic carbocycles. The van der Waals surface area contributed by atoms with E-state index in [4.69, 9.17) is 5.73 Å². The monoisotopic (exact) mass is 318 g/mol. The SMILES string of the molecule is CC1CCCN(Cc2csc(NC(=O)C(C)N)n2)C1.Cl. The quantitative estimate of drug-likeness (QED) is 0.891. The van der Waals surface area contributed by atoms with Crippen molar-refractivity contribution in [1.29, 1.82) is 0 Å². The molecule has 3 N–H and O–H groups in total. The summed E-state index contributed by atoms with van der Waals surface area (Å²) < 4.78 is 0. The lowest BCUT2D eigenvalue weighted by molar-refractivity contribution is -0.117. The van der Waals surface area contributed by atoms with Gasteiger partial charge in [-0.15, -0.1) is 23.7 Å². The van der Waals surface area contributed by atoms with Crippen molar-refractivity contribution in [2.75, 3.05) is 18.4 Å². The molecule has 1 aromatic rings. The van der Waals surface area contributed by atoms with Crippen LogP contribution in [-0.4, -0.2) is 34.9 Å². The lowest BCUT2D eigenvalue weighted by Crippen LogP contribution is -2.34. The molecular weight excluding hydrogens is 296 g/mol. The Bertz CT molecular complexity index is 438. The van der Waals surface area contributed by atoms with Crippen molar-refractivity contribution >= 4 is 34.8 Å². The van der Waals surface area contributed by atoms with Gasteiger partial charge in [0.05, 0.1) is 11.7 Å². The first kappa shape index (κ1) is 17.4. The maximum absolute atomic E-state index is 11.5. The highest BCUT2D eigenvalue weighted by molar-refractivity contribution is 7.13. The van der Waals surface area contributed by atoms with E-state index in [1.807, 2.05) is 5.38 Å². The summed E-state index contributed by atoms with van der Waals surface area (Å²) in [5.41, 5.74) is 6.54. The third-order valence-corrected chi connectivity index (χ3v) is 4.13. The Morgan fingerprint density at radius 3 is 3.10 bits per heavy atom. The number of piperidine rings is 1. The fourth-order valence-corrected chi connectivity index (χ4v) is 3.02. The first-order valence-electron chi connectivity index (χ1n) is 6.78. The molecule has 7 heteroatoms. The molecule has 2 rings (SSSR count). The third-order valence-electron chi connectivity index (χ3n) is 3.32. The van der Waals surface area contributed by atoms with Crippen LogP contribution in [0.2, 0.25) is 0 Å². The summed E-state index contributed by atoms with van der Waals surface area (Å²) in [5, 5.41) is 5.38. The minimum absolute atomic E-state index is 0. The lowest BCUT2D eigenvalue weighted by Gasteiger charge is -2.30. The maximum Gasteiger partial charge on any atom is 0.242 e. The number of nitrogens with zero attached hydrogens (tertiary/aromatic N) is 2. The molecule has 0 aliphatic carbocycles. The van der Waals surface area contributed by atoms with E-state index in [-0.39, 0.29) is 18.3 Å². The van der Waals surface area contributed by atoms with Gasteiger partial charge in [0.2, 0.25) is 5.91 Å². The molecule has 1 aromatic heterocycles. The van der Waals surface area contributed by atoms with E-state index >= 15 is 0 Å². The summed E-state index contributed by atoms with van der Waals surface area (Å²) in [6, 6.07) is -0.504. The molecule has 0 spiro atoms. The van der Waals surface area contributed by atoms with Crippen molar-refractivity contribution in [3.63, 3.8) is 0 Å². The van der Waals surface area contributed by atoms with Gasteiger partial charge in [-0.2, -0.15) is 0 Å². The second-order valence-electron chi connectivity index (χ2n) is 5.40. The fraction of sp³-hybridized carbons (Fsp3) is 0.692. The predicted molar refractivity (Wildman–Crippen MR) is 85.3 cm³/mol. The highest BCUT2D eigenvalue weighted by Gasteiger charge is 2.17. The van der Waals surface area contributed by atoms with E-state index in [2.05, 4.69) is 22.1 Å². The van der Waals surface area contributed by atoms with Crippen LogP contribution >= 0.6 is 23.7 Å². The number of nitrogens with one attached hydrogen (secondary N) is 1. The number of halogens is 1. The molecule has 5 nitrogen and oxygen atoms in total. The number of anilines is 1. The molecule has 2 atom stereocenters. The highest BCUT2D eigenvalue weighted by atomic mass is 35.5. The van der Waals surface area contributed by atoms with Gasteiger partial charge in [-0.25, -0.2) is 4.98 Å². The van der Waals surface area contributed by atoms with Crippen molar-refractivity contribution in [3.8, 4) is 0 Å². The van der Waals surface area contributed by atoms with Crippen LogP contribution in [0.3, 0.4) is 0 Å². The minimum Gasteiger partial charge on any atom is -0.320 e. The average Bonchev–Trinajstić information content (AvgIpc) is 2.76. The Morgan fingerprint density at radius 1 is 1.70 bits per heavy atom. The molecule has 2 unspecified atom stereocenters. The first-order chi connectivity index (χ1) is 9.04. The fourth-order valence-electron chi connectivity index (χ4n) is 2.32. The third kappa shape index (κ3) is 5.01. The molecule has 1 saturated heterocycles. The van der Waals surface area contributed by atoms with Crippen LogP contribution in [0.5, 0.6) is 0 Å². The van der Waals surface area contributed by atoms with Crippen molar-refractivity contribution in [2.24, 2.45) is 11.7 Å². The molecule has 1 aliphatic heterocycles. The smallest absolute Gasteiger partial charge is 0.242 e. The summed E-state index contributed by atoms with van der Waals surface area (Å²) in [6.07, 6.45) is 2.59. The van der Waals surface area contributed by atoms with Crippen LogP contribution in [-0.2, 0) is 11.3 Å². The van der Waals surface area contributed by atoms with Crippen LogP contribution in [0.4, 0.5) is 5.13 Å². The summed E-state index contributed by atoms with van der Waals surface area (Å²) in [4.78, 5) is 18.3. The molecule has 0 saturated carbocycles. The molecule has 0 radical (unpaired) electrons. The molecule has 114 valence electrons. The van der Waals surface area contributed by atoms with Crippen LogP contribution in [0.15, 0.2) is 5.38 Å². The molecule has 1 aliphatic rings. The number of thiazole rings is 1. The number of carbonyl (C=O) groups is 1. The Balaban J connectivity index is 0.00000200. The topological polar surface area (TPSA) is 71.2 Å². The number of nitrogens with two attached hydrogens (primary N) is 1. The number of hydrogen-bond donors (Lipinski definition) is 2. The summed E-state index contributed by atoms with van der Waals surface area (Å²) >= 11 is 1.46. The standard InChI is InChI=1S/C13H22N4OS.ClH/c1-9-4-3-5-17(6-9)7-11-8-19-13(15-11)16-12(18)10(2)14;/h8-10H,3-7,14H2,1-2H3,(H,15,16,18);1H. The number of hydrogen-bond acceptors (Lipinski definition) is 5. The molecule has 20 heavy (non-hydrogen) atoms. The van der Waals surface area contributed by atoms with Crippen molar-refractivity contribution in [3.05, 3.63) is 11.1 Å². The van der Waals surface area contributed by atoms with Gasteiger partial charge in [-0.1, -0.05) is 6.92 Å². The molecular formula is C13H23ClN4OS. The van der Waals surface area contributed by atoms with E-state index in [1.165, 1.54) is 24.2 Å². The van der Waals surface area contributed by atoms with Gasteiger partial charge in [0.1, 0.15) is 0 Å². The maximum atomic E-state index is 11.5. The zero-order chi connectivity index (χ0) is 13.8. The van der Waals surface area contributed by atoms with Gasteiger partial charge in [-0.05, 0) is 32.2 Å². The highest BCUT2D eigenvalue weighted by Crippen LogP contribution is 2.20. The summed E-state index contributed by atoms with van der Waals surface area (Å²) in [7, 11) is 0. The number of rotatable bonds is 4. The minimum atomic E-state index is -0.504. The van der Waals surface area contributed by atoms with Crippen molar-refractivity contribution in [1.82, 2.24) is 9.88 Å². The lowest BCUT2D eigenvalue weighted by atomic mass is 10.0. The normalized spacial score (nSPS) is 21.1. The van der Waals surface area contributed by atoms with E-state index in [0.29, 0.717) is 5.13 Å². The Kier molecular flexibility index (Phi) is 6.88. The number of likely N-dealkylation sites (tertiary alicyclic amines) is 1. The van der Waals surface area contributed by atoms with Crippen molar-refractivity contribution in [2.45, 2.75) is 39.3 Å². The molecule has 0 bridgehead atoms. The Labute approximate surface area is 130 Å². The van der Waals surface area contributed by atoms with E-state index in [0.717, 1.165) is 31.2 Å². The van der Waals surface area contributed by atoms with Gasteiger partial charge >= 0.3 is 0 Å². The molecule has 1 amide bonds. The summed E-state index contributed by atoms with van der Waals surface area (Å²) in [6.45, 7) is 7.11. The van der Waals surface area contributed by atoms with Crippen molar-refractivity contribution < 1.29 is 4.79 Å². The number of carbonyl (C=O) groups excluding carboxylic acids is 1. The zero-order valence-electron chi connectivity index (χ0n) is 12.0. The Morgan fingerprint density at radius 2 is 2.45 bits per heavy atom. The number of aromatic nitrogens is 1. The van der Waals surface area contributed by atoms with E-state index in [9.17, 15) is 4.79 Å². The second kappa shape index (κ2) is 7.93. The van der Waals surface area contributed by atoms with Gasteiger partial charge in [0.25, 0.3) is 0 Å². The van der Waals surface area contributed by atoms with Gasteiger partial charge in [0.15, 0.2) is 5.13 Å². The van der Waals surface area contributed by atoms with Crippen LogP contribution in [0.1, 0.15) is 32.4 Å². The summed E-state index contributed by atoms with van der Waals surface area (Å²) in [5.74, 6) is 0.581. The van der Waals surface area contributed by atoms with Crippen LogP contribution in [0, 0.1) is 5.92 Å². The number of amides is 1. The predicted octanol–water partition coefficient (Wildman–Crippen LogP) is 2.08. The average molecular weight is 319 g/mol. The van der Waals surface area contributed by atoms with Gasteiger partial charge < -0.3 is 11.1 Å². The van der Waals surface area contributed by atoms with Crippen LogP contribution < -0.4 is 11.1 Å². The van der Waals surface area contributed by atoms with E-state index in [1.54, 1.807) is 6.92 Å².